The molecule has 146 valence electrons. The van der Waals surface area contributed by atoms with Crippen LogP contribution in [0.2, 0.25) is 0 Å². The van der Waals surface area contributed by atoms with E-state index in [4.69, 9.17) is 0 Å². The van der Waals surface area contributed by atoms with Gasteiger partial charge in [0.2, 0.25) is 11.8 Å². The molecular weight excluding hydrogens is 360 g/mol. The minimum Gasteiger partial charge on any atom is -0.345 e. The molecule has 1 aliphatic heterocycles. The third kappa shape index (κ3) is 3.80. The van der Waals surface area contributed by atoms with Crippen molar-refractivity contribution in [1.29, 1.82) is 0 Å². The van der Waals surface area contributed by atoms with Gasteiger partial charge < -0.3 is 19.7 Å². The topological polar surface area (TPSA) is 91.7 Å². The van der Waals surface area contributed by atoms with E-state index in [0.717, 1.165) is 5.69 Å². The van der Waals surface area contributed by atoms with Gasteiger partial charge in [0, 0.05) is 46.0 Å². The summed E-state index contributed by atoms with van der Waals surface area (Å²) in [7, 11) is 4.72. The highest BCUT2D eigenvalue weighted by molar-refractivity contribution is 6.04. The van der Waals surface area contributed by atoms with Gasteiger partial charge in [-0.2, -0.15) is 0 Å². The van der Waals surface area contributed by atoms with E-state index in [2.05, 4.69) is 5.32 Å². The molecule has 1 fully saturated rings. The summed E-state index contributed by atoms with van der Waals surface area (Å²) in [5, 5.41) is 2.60. The number of anilines is 2. The van der Waals surface area contributed by atoms with Crippen molar-refractivity contribution >= 4 is 29.1 Å². The number of carbonyl (C=O) groups excluding carboxylic acids is 3. The fraction of sp³-hybridized carbons (Fsp3) is 0.300. The zero-order valence-corrected chi connectivity index (χ0v) is 16.0. The van der Waals surface area contributed by atoms with Crippen LogP contribution in [0.25, 0.3) is 0 Å². The first kappa shape index (κ1) is 19.3. The fourth-order valence-electron chi connectivity index (χ4n) is 3.15. The molecule has 1 aromatic heterocycles. The van der Waals surface area contributed by atoms with E-state index in [1.165, 1.54) is 28.8 Å². The number of pyridine rings is 1. The molecule has 2 aromatic rings. The van der Waals surface area contributed by atoms with Crippen LogP contribution in [-0.2, 0) is 16.6 Å². The second-order valence-electron chi connectivity index (χ2n) is 6.99. The van der Waals surface area contributed by atoms with Gasteiger partial charge in [-0.1, -0.05) is 18.2 Å². The van der Waals surface area contributed by atoms with Gasteiger partial charge in [-0.05, 0) is 18.2 Å². The maximum Gasteiger partial charge on any atom is 0.274 e. The summed E-state index contributed by atoms with van der Waals surface area (Å²) >= 11 is 0. The molecule has 0 bridgehead atoms. The van der Waals surface area contributed by atoms with Crippen LogP contribution in [-0.4, -0.2) is 47.8 Å². The summed E-state index contributed by atoms with van der Waals surface area (Å²) in [5.41, 5.74) is 0.617. The van der Waals surface area contributed by atoms with Gasteiger partial charge in [-0.25, -0.2) is 0 Å². The molecule has 1 N–H and O–H groups in total. The summed E-state index contributed by atoms with van der Waals surface area (Å²) in [6.07, 6.45) is 1.49. The Hall–Kier alpha value is -3.42. The number of para-hydroxylation sites is 1. The average molecular weight is 382 g/mol. The zero-order valence-electron chi connectivity index (χ0n) is 16.0. The van der Waals surface area contributed by atoms with Gasteiger partial charge in [0.15, 0.2) is 0 Å². The number of aromatic nitrogens is 1. The number of benzene rings is 1. The molecule has 0 spiro atoms. The second-order valence-corrected chi connectivity index (χ2v) is 6.99. The van der Waals surface area contributed by atoms with Crippen LogP contribution in [0.15, 0.2) is 47.4 Å². The first-order chi connectivity index (χ1) is 13.3. The SMILES string of the molecule is CN(C)C(=O)c1cc(NC(=O)C2CC(=O)N(c3ccccc3)C2)c(=O)n(C)c1. The average Bonchev–Trinajstić information content (AvgIpc) is 3.07. The molecule has 1 aliphatic rings. The highest BCUT2D eigenvalue weighted by atomic mass is 16.2. The van der Waals surface area contributed by atoms with E-state index in [1.54, 1.807) is 19.0 Å². The number of amides is 3. The van der Waals surface area contributed by atoms with Crippen molar-refractivity contribution in [2.45, 2.75) is 6.42 Å². The lowest BCUT2D eigenvalue weighted by atomic mass is 10.1. The predicted octanol–water partition coefficient (Wildman–Crippen LogP) is 1.08. The number of carbonyl (C=O) groups is 3. The summed E-state index contributed by atoms with van der Waals surface area (Å²) in [4.78, 5) is 52.5. The van der Waals surface area contributed by atoms with Crippen LogP contribution in [0.3, 0.4) is 0 Å². The van der Waals surface area contributed by atoms with Gasteiger partial charge in [0.05, 0.1) is 11.5 Å². The molecule has 1 unspecified atom stereocenters. The fourth-order valence-corrected chi connectivity index (χ4v) is 3.15. The lowest BCUT2D eigenvalue weighted by molar-refractivity contribution is -0.122. The maximum absolute atomic E-state index is 12.7. The van der Waals surface area contributed by atoms with E-state index < -0.39 is 17.4 Å². The molecule has 1 atom stereocenters. The number of aryl methyl sites for hydroxylation is 1. The Kier molecular flexibility index (Phi) is 5.30. The molecule has 8 heteroatoms. The molecule has 8 nitrogen and oxygen atoms in total. The van der Waals surface area contributed by atoms with Crippen LogP contribution in [0.1, 0.15) is 16.8 Å². The number of hydrogen-bond acceptors (Lipinski definition) is 4. The first-order valence-corrected chi connectivity index (χ1v) is 8.86. The van der Waals surface area contributed by atoms with Crippen molar-refractivity contribution in [1.82, 2.24) is 9.47 Å². The highest BCUT2D eigenvalue weighted by Gasteiger charge is 2.35. The molecule has 0 saturated carbocycles. The molecule has 0 aliphatic carbocycles. The quantitative estimate of drug-likeness (QED) is 0.857. The molecular formula is C20H22N4O4. The Morgan fingerprint density at radius 3 is 2.46 bits per heavy atom. The van der Waals surface area contributed by atoms with Crippen LogP contribution < -0.4 is 15.8 Å². The van der Waals surface area contributed by atoms with Crippen LogP contribution in [0.4, 0.5) is 11.4 Å². The van der Waals surface area contributed by atoms with Crippen molar-refractivity contribution < 1.29 is 14.4 Å². The second kappa shape index (κ2) is 7.67. The summed E-state index contributed by atoms with van der Waals surface area (Å²) in [6, 6.07) is 10.5. The van der Waals surface area contributed by atoms with E-state index in [-0.39, 0.29) is 36.0 Å². The van der Waals surface area contributed by atoms with E-state index in [0.29, 0.717) is 0 Å². The third-order valence-electron chi connectivity index (χ3n) is 4.66. The van der Waals surface area contributed by atoms with Crippen molar-refractivity contribution in [3.63, 3.8) is 0 Å². The number of nitrogens with zero attached hydrogens (tertiary/aromatic N) is 3. The number of rotatable bonds is 4. The number of nitrogens with one attached hydrogen (secondary N) is 1. The Balaban J connectivity index is 1.79. The molecule has 3 rings (SSSR count). The minimum atomic E-state index is -0.578. The van der Waals surface area contributed by atoms with Gasteiger partial charge in [-0.15, -0.1) is 0 Å². The summed E-state index contributed by atoms with van der Waals surface area (Å²) in [6.45, 7) is 0.241. The van der Waals surface area contributed by atoms with Gasteiger partial charge in [0.1, 0.15) is 5.69 Å². The molecule has 3 amide bonds. The van der Waals surface area contributed by atoms with Gasteiger partial charge in [0.25, 0.3) is 11.5 Å². The van der Waals surface area contributed by atoms with Crippen molar-refractivity contribution in [3.8, 4) is 0 Å². The largest absolute Gasteiger partial charge is 0.345 e. The number of hydrogen-bond donors (Lipinski definition) is 1. The van der Waals surface area contributed by atoms with Crippen molar-refractivity contribution in [2.75, 3.05) is 30.9 Å². The highest BCUT2D eigenvalue weighted by Crippen LogP contribution is 2.25. The molecule has 2 heterocycles. The van der Waals surface area contributed by atoms with Crippen LogP contribution >= 0.6 is 0 Å². The third-order valence-corrected chi connectivity index (χ3v) is 4.66. The Morgan fingerprint density at radius 1 is 1.14 bits per heavy atom. The van der Waals surface area contributed by atoms with E-state index in [9.17, 15) is 19.2 Å². The molecule has 28 heavy (non-hydrogen) atoms. The zero-order chi connectivity index (χ0) is 20.4. The molecule has 0 radical (unpaired) electrons. The molecule has 1 saturated heterocycles. The van der Waals surface area contributed by atoms with Crippen LogP contribution in [0.5, 0.6) is 0 Å². The van der Waals surface area contributed by atoms with Gasteiger partial charge >= 0.3 is 0 Å². The smallest absolute Gasteiger partial charge is 0.274 e. The lowest BCUT2D eigenvalue weighted by Crippen LogP contribution is -2.32. The van der Waals surface area contributed by atoms with Gasteiger partial charge in [-0.3, -0.25) is 19.2 Å². The van der Waals surface area contributed by atoms with E-state index >= 15 is 0 Å². The standard InChI is InChI=1S/C20H22N4O4/c1-22(2)19(27)14-9-16(20(28)23(3)11-14)21-18(26)13-10-17(25)24(12-13)15-7-5-4-6-8-15/h4-9,11,13H,10,12H2,1-3H3,(H,21,26). The summed E-state index contributed by atoms with van der Waals surface area (Å²) in [5.74, 6) is -1.42. The van der Waals surface area contributed by atoms with Crippen molar-refractivity contribution in [2.24, 2.45) is 13.0 Å². The van der Waals surface area contributed by atoms with E-state index in [1.807, 2.05) is 30.3 Å². The Bertz CT molecular complexity index is 981. The maximum atomic E-state index is 12.7. The van der Waals surface area contributed by atoms with Crippen molar-refractivity contribution in [3.05, 3.63) is 58.5 Å². The lowest BCUT2D eigenvalue weighted by Gasteiger charge is -2.17. The summed E-state index contributed by atoms with van der Waals surface area (Å²) < 4.78 is 1.25. The Labute approximate surface area is 162 Å². The monoisotopic (exact) mass is 382 g/mol. The first-order valence-electron chi connectivity index (χ1n) is 8.86. The minimum absolute atomic E-state index is 0.0193. The predicted molar refractivity (Wildman–Crippen MR) is 105 cm³/mol. The Morgan fingerprint density at radius 2 is 1.82 bits per heavy atom. The van der Waals surface area contributed by atoms with Crippen LogP contribution in [0, 0.1) is 5.92 Å². The molecule has 1 aromatic carbocycles. The normalized spacial score (nSPS) is 16.2.